The molecular weight excluding hydrogens is 372 g/mol. The summed E-state index contributed by atoms with van der Waals surface area (Å²) in [6.45, 7) is 4.31. The number of fused-ring (bicyclic) bond motifs is 2. The first-order valence-electron chi connectivity index (χ1n) is 8.64. The van der Waals surface area contributed by atoms with Crippen molar-refractivity contribution in [2.45, 2.75) is 20.4 Å². The molecular formula is C22H16N2O3S. The molecule has 0 saturated carbocycles. The van der Waals surface area contributed by atoms with Gasteiger partial charge in [0, 0.05) is 6.07 Å². The normalized spacial score (nSPS) is 11.8. The molecule has 0 aliphatic carbocycles. The van der Waals surface area contributed by atoms with Crippen molar-refractivity contribution in [2.75, 3.05) is 0 Å². The zero-order valence-corrected chi connectivity index (χ0v) is 16.2. The Kier molecular flexibility index (Phi) is 4.46. The first kappa shape index (κ1) is 18.0. The summed E-state index contributed by atoms with van der Waals surface area (Å²) in [7, 11) is 0. The number of hydrogen-bond donors (Lipinski definition) is 0. The molecule has 5 nitrogen and oxygen atoms in total. The summed E-state index contributed by atoms with van der Waals surface area (Å²) in [6.07, 6.45) is 5.53. The lowest BCUT2D eigenvalue weighted by Gasteiger charge is -2.04. The minimum Gasteiger partial charge on any atom is -0.451 e. The quantitative estimate of drug-likeness (QED) is 0.491. The van der Waals surface area contributed by atoms with Gasteiger partial charge in [-0.15, -0.1) is 6.42 Å². The van der Waals surface area contributed by atoms with Crippen LogP contribution in [0.5, 0.6) is 0 Å². The molecule has 0 spiro atoms. The van der Waals surface area contributed by atoms with Crippen molar-refractivity contribution in [2.24, 2.45) is 4.99 Å². The number of terminal acetylenes is 1. The molecule has 138 valence electrons. The van der Waals surface area contributed by atoms with Crippen LogP contribution in [0.25, 0.3) is 21.2 Å². The monoisotopic (exact) mass is 388 g/mol. The molecule has 0 bridgehead atoms. The van der Waals surface area contributed by atoms with Crippen LogP contribution in [0.3, 0.4) is 0 Å². The van der Waals surface area contributed by atoms with Crippen molar-refractivity contribution in [1.82, 2.24) is 4.57 Å². The topological polar surface area (TPSA) is 64.6 Å². The minimum absolute atomic E-state index is 0.0960. The fraction of sp³-hybridized carbons (Fsp3) is 0.136. The van der Waals surface area contributed by atoms with E-state index in [1.54, 1.807) is 24.3 Å². The maximum absolute atomic E-state index is 12.7. The molecule has 0 N–H and O–H groups in total. The standard InChI is InChI=1S/C22H16N2O3S/c1-4-9-24-20-14(3)10-13(2)11-19(20)28-22(24)23-21(26)18-12-16(25)15-7-5-6-8-17(15)27-18/h1,5-8,10-12H,9H2,2-3H3. The van der Waals surface area contributed by atoms with Crippen LogP contribution in [0.15, 0.2) is 56.7 Å². The van der Waals surface area contributed by atoms with Gasteiger partial charge in [0.05, 0.1) is 22.1 Å². The van der Waals surface area contributed by atoms with Crippen LogP contribution in [0.4, 0.5) is 0 Å². The van der Waals surface area contributed by atoms with Gasteiger partial charge in [0.25, 0.3) is 0 Å². The molecule has 0 fully saturated rings. The Morgan fingerprint density at radius 2 is 2.04 bits per heavy atom. The number of para-hydroxylation sites is 1. The number of rotatable bonds is 2. The SMILES string of the molecule is C#CCn1c(=NC(=O)c2cc(=O)c3ccccc3o2)sc2cc(C)cc(C)c21. The van der Waals surface area contributed by atoms with Gasteiger partial charge in [-0.3, -0.25) is 9.59 Å². The Bertz CT molecular complexity index is 1410. The predicted octanol–water partition coefficient (Wildman–Crippen LogP) is 3.80. The molecule has 4 aromatic rings. The van der Waals surface area contributed by atoms with E-state index in [1.165, 1.54) is 17.4 Å². The Balaban J connectivity index is 1.91. The zero-order chi connectivity index (χ0) is 19.8. The van der Waals surface area contributed by atoms with Crippen molar-refractivity contribution >= 4 is 38.4 Å². The smallest absolute Gasteiger partial charge is 0.315 e. The van der Waals surface area contributed by atoms with Gasteiger partial charge in [-0.25, -0.2) is 0 Å². The maximum Gasteiger partial charge on any atom is 0.315 e. The van der Waals surface area contributed by atoms with E-state index in [0.717, 1.165) is 21.3 Å². The molecule has 0 saturated heterocycles. The summed E-state index contributed by atoms with van der Waals surface area (Å²) in [5.41, 5.74) is 3.22. The third kappa shape index (κ3) is 3.06. The van der Waals surface area contributed by atoms with Crippen molar-refractivity contribution in [3.8, 4) is 12.3 Å². The number of hydrogen-bond acceptors (Lipinski definition) is 4. The van der Waals surface area contributed by atoms with Gasteiger partial charge in [0.2, 0.25) is 0 Å². The van der Waals surface area contributed by atoms with Crippen molar-refractivity contribution in [3.05, 3.63) is 74.4 Å². The molecule has 6 heteroatoms. The molecule has 1 amide bonds. The minimum atomic E-state index is -0.616. The van der Waals surface area contributed by atoms with E-state index in [9.17, 15) is 9.59 Å². The van der Waals surface area contributed by atoms with Gasteiger partial charge >= 0.3 is 5.91 Å². The molecule has 4 rings (SSSR count). The number of aryl methyl sites for hydroxylation is 2. The Morgan fingerprint density at radius 1 is 1.25 bits per heavy atom. The third-order valence-corrected chi connectivity index (χ3v) is 5.43. The number of amides is 1. The molecule has 28 heavy (non-hydrogen) atoms. The molecule has 0 aliphatic heterocycles. The van der Waals surface area contributed by atoms with Gasteiger partial charge in [0.1, 0.15) is 5.58 Å². The highest BCUT2D eigenvalue weighted by molar-refractivity contribution is 7.16. The van der Waals surface area contributed by atoms with Crippen LogP contribution in [0.1, 0.15) is 21.7 Å². The van der Waals surface area contributed by atoms with E-state index < -0.39 is 5.91 Å². The molecule has 0 unspecified atom stereocenters. The van der Waals surface area contributed by atoms with E-state index >= 15 is 0 Å². The van der Waals surface area contributed by atoms with Gasteiger partial charge in [-0.2, -0.15) is 4.99 Å². The third-order valence-electron chi connectivity index (χ3n) is 4.40. The number of nitrogens with zero attached hydrogens (tertiary/aromatic N) is 2. The fourth-order valence-electron chi connectivity index (χ4n) is 3.27. The van der Waals surface area contributed by atoms with E-state index in [4.69, 9.17) is 10.8 Å². The lowest BCUT2D eigenvalue weighted by atomic mass is 10.1. The average molecular weight is 388 g/mol. The van der Waals surface area contributed by atoms with Crippen LogP contribution >= 0.6 is 11.3 Å². The highest BCUT2D eigenvalue weighted by Gasteiger charge is 2.14. The van der Waals surface area contributed by atoms with Crippen molar-refractivity contribution in [1.29, 1.82) is 0 Å². The van der Waals surface area contributed by atoms with Gasteiger partial charge in [-0.05, 0) is 43.2 Å². The second kappa shape index (κ2) is 6.95. The summed E-state index contributed by atoms with van der Waals surface area (Å²) in [5, 5.41) is 0.425. The van der Waals surface area contributed by atoms with Crippen LogP contribution < -0.4 is 10.2 Å². The Labute approximate surface area is 164 Å². The largest absolute Gasteiger partial charge is 0.451 e. The number of aromatic nitrogens is 1. The van der Waals surface area contributed by atoms with Gasteiger partial charge in [0.15, 0.2) is 16.0 Å². The lowest BCUT2D eigenvalue weighted by Crippen LogP contribution is -2.17. The second-order valence-corrected chi connectivity index (χ2v) is 7.50. The summed E-state index contributed by atoms with van der Waals surface area (Å²) in [4.78, 5) is 29.7. The fourth-order valence-corrected chi connectivity index (χ4v) is 4.47. The summed E-state index contributed by atoms with van der Waals surface area (Å²) in [6, 6.07) is 12.1. The molecule has 2 heterocycles. The number of carbonyl (C=O) groups excluding carboxylic acids is 1. The van der Waals surface area contributed by atoms with Crippen molar-refractivity contribution in [3.63, 3.8) is 0 Å². The predicted molar refractivity (Wildman–Crippen MR) is 110 cm³/mol. The van der Waals surface area contributed by atoms with Gasteiger partial charge < -0.3 is 8.98 Å². The number of carbonyl (C=O) groups is 1. The molecule has 2 aromatic carbocycles. The molecule has 0 aliphatic rings. The number of benzene rings is 2. The van der Waals surface area contributed by atoms with E-state index in [2.05, 4.69) is 17.0 Å². The first-order chi connectivity index (χ1) is 13.5. The second-order valence-electron chi connectivity index (χ2n) is 6.49. The average Bonchev–Trinajstić information content (AvgIpc) is 2.99. The molecule has 0 atom stereocenters. The maximum atomic E-state index is 12.7. The van der Waals surface area contributed by atoms with Crippen LogP contribution in [-0.2, 0) is 6.54 Å². The van der Waals surface area contributed by atoms with Crippen LogP contribution in [0, 0.1) is 26.2 Å². The molecule has 0 radical (unpaired) electrons. The van der Waals surface area contributed by atoms with Crippen LogP contribution in [-0.4, -0.2) is 10.5 Å². The van der Waals surface area contributed by atoms with Crippen molar-refractivity contribution < 1.29 is 9.21 Å². The summed E-state index contributed by atoms with van der Waals surface area (Å²) in [5.74, 6) is 1.90. The summed E-state index contributed by atoms with van der Waals surface area (Å²) >= 11 is 1.38. The van der Waals surface area contributed by atoms with E-state index in [0.29, 0.717) is 15.8 Å². The van der Waals surface area contributed by atoms with Crippen LogP contribution in [0.2, 0.25) is 0 Å². The van der Waals surface area contributed by atoms with E-state index in [-0.39, 0.29) is 17.7 Å². The van der Waals surface area contributed by atoms with Gasteiger partial charge in [-0.1, -0.05) is 35.5 Å². The zero-order valence-electron chi connectivity index (χ0n) is 15.4. The molecule has 2 aromatic heterocycles. The first-order valence-corrected chi connectivity index (χ1v) is 9.45. The Morgan fingerprint density at radius 3 is 2.82 bits per heavy atom. The Hall–Kier alpha value is -3.43. The lowest BCUT2D eigenvalue weighted by molar-refractivity contribution is 0.0972. The highest BCUT2D eigenvalue weighted by Crippen LogP contribution is 2.23. The number of thiazole rings is 1. The van der Waals surface area contributed by atoms with E-state index in [1.807, 2.05) is 24.5 Å². The highest BCUT2D eigenvalue weighted by atomic mass is 32.1. The summed E-state index contributed by atoms with van der Waals surface area (Å²) < 4.78 is 8.44.